The number of alkyl halides is 2. The SMILES string of the molecule is CCc1ccc(C(C)NCc2cc(OC)c(OC(F)F)cc2[N+](=O)[O-])cc1. The Morgan fingerprint density at radius 1 is 1.19 bits per heavy atom. The van der Waals surface area contributed by atoms with Crippen molar-refractivity contribution in [1.29, 1.82) is 0 Å². The first-order valence-electron chi connectivity index (χ1n) is 8.48. The molecule has 0 aliphatic heterocycles. The number of ether oxygens (including phenoxy) is 2. The van der Waals surface area contributed by atoms with E-state index in [0.29, 0.717) is 5.56 Å². The Bertz CT molecular complexity index is 782. The van der Waals surface area contributed by atoms with Crippen molar-refractivity contribution in [3.8, 4) is 11.5 Å². The lowest BCUT2D eigenvalue weighted by molar-refractivity contribution is -0.385. The van der Waals surface area contributed by atoms with Crippen LogP contribution in [0.25, 0.3) is 0 Å². The van der Waals surface area contributed by atoms with Gasteiger partial charge in [0.05, 0.1) is 18.1 Å². The fourth-order valence-corrected chi connectivity index (χ4v) is 2.67. The highest BCUT2D eigenvalue weighted by molar-refractivity contribution is 5.54. The molecule has 1 N–H and O–H groups in total. The number of rotatable bonds is 9. The van der Waals surface area contributed by atoms with Gasteiger partial charge in [-0.2, -0.15) is 8.78 Å². The highest BCUT2D eigenvalue weighted by Gasteiger charge is 2.22. The minimum Gasteiger partial charge on any atom is -0.493 e. The van der Waals surface area contributed by atoms with E-state index in [1.54, 1.807) is 0 Å². The summed E-state index contributed by atoms with van der Waals surface area (Å²) in [6.07, 6.45) is 0.946. The maximum atomic E-state index is 12.5. The summed E-state index contributed by atoms with van der Waals surface area (Å²) in [5.41, 5.74) is 2.27. The first kappa shape index (κ1) is 20.6. The largest absolute Gasteiger partial charge is 0.493 e. The summed E-state index contributed by atoms with van der Waals surface area (Å²) in [4.78, 5) is 10.7. The van der Waals surface area contributed by atoms with Crippen molar-refractivity contribution in [2.75, 3.05) is 7.11 Å². The van der Waals surface area contributed by atoms with Crippen LogP contribution in [-0.4, -0.2) is 18.6 Å². The van der Waals surface area contributed by atoms with Crippen LogP contribution in [0.5, 0.6) is 11.5 Å². The van der Waals surface area contributed by atoms with E-state index in [1.807, 2.05) is 31.2 Å². The Balaban J connectivity index is 2.21. The van der Waals surface area contributed by atoms with Crippen molar-refractivity contribution in [1.82, 2.24) is 5.32 Å². The zero-order valence-corrected chi connectivity index (χ0v) is 15.4. The van der Waals surface area contributed by atoms with Crippen molar-refractivity contribution in [2.24, 2.45) is 0 Å². The maximum Gasteiger partial charge on any atom is 0.387 e. The van der Waals surface area contributed by atoms with E-state index in [0.717, 1.165) is 18.1 Å². The van der Waals surface area contributed by atoms with Gasteiger partial charge in [0.15, 0.2) is 11.5 Å². The van der Waals surface area contributed by atoms with E-state index >= 15 is 0 Å². The third kappa shape index (κ3) is 5.37. The lowest BCUT2D eigenvalue weighted by Crippen LogP contribution is -2.19. The standard InChI is InChI=1S/C19H22F2N2O4/c1-4-13-5-7-14(8-6-13)12(2)22-11-15-9-17(26-3)18(27-19(20)21)10-16(15)23(24)25/h5-10,12,19,22H,4,11H2,1-3H3. The van der Waals surface area contributed by atoms with Crippen LogP contribution in [0.1, 0.15) is 36.6 Å². The van der Waals surface area contributed by atoms with E-state index in [-0.39, 0.29) is 29.8 Å². The van der Waals surface area contributed by atoms with Gasteiger partial charge >= 0.3 is 6.61 Å². The van der Waals surface area contributed by atoms with Crippen LogP contribution in [0.15, 0.2) is 36.4 Å². The summed E-state index contributed by atoms with van der Waals surface area (Å²) < 4.78 is 34.4. The Morgan fingerprint density at radius 2 is 1.85 bits per heavy atom. The average molecular weight is 380 g/mol. The van der Waals surface area contributed by atoms with Crippen LogP contribution in [0.3, 0.4) is 0 Å². The number of benzene rings is 2. The number of nitro benzene ring substituents is 1. The van der Waals surface area contributed by atoms with Crippen molar-refractivity contribution in [3.05, 3.63) is 63.2 Å². The van der Waals surface area contributed by atoms with Gasteiger partial charge in [-0.1, -0.05) is 31.2 Å². The second-order valence-electron chi connectivity index (χ2n) is 5.97. The Morgan fingerprint density at radius 3 is 2.37 bits per heavy atom. The van der Waals surface area contributed by atoms with Crippen LogP contribution < -0.4 is 14.8 Å². The lowest BCUT2D eigenvalue weighted by atomic mass is 10.0. The fourth-order valence-electron chi connectivity index (χ4n) is 2.67. The molecule has 0 radical (unpaired) electrons. The summed E-state index contributed by atoms with van der Waals surface area (Å²) >= 11 is 0. The number of aryl methyl sites for hydroxylation is 1. The fraction of sp³-hybridized carbons (Fsp3) is 0.368. The molecule has 0 heterocycles. The summed E-state index contributed by atoms with van der Waals surface area (Å²) in [6.45, 7) is 1.08. The Kier molecular flexibility index (Phi) is 7.06. The number of hydrogen-bond donors (Lipinski definition) is 1. The summed E-state index contributed by atoms with van der Waals surface area (Å²) in [5, 5.41) is 14.5. The molecule has 0 amide bonds. The van der Waals surface area contributed by atoms with Gasteiger partial charge in [0, 0.05) is 18.2 Å². The lowest BCUT2D eigenvalue weighted by Gasteiger charge is -2.16. The molecule has 0 aliphatic rings. The van der Waals surface area contributed by atoms with Crippen LogP contribution in [0.4, 0.5) is 14.5 Å². The predicted molar refractivity (Wildman–Crippen MR) is 97.4 cm³/mol. The van der Waals surface area contributed by atoms with E-state index in [1.165, 1.54) is 18.7 Å². The van der Waals surface area contributed by atoms with E-state index < -0.39 is 11.5 Å². The summed E-state index contributed by atoms with van der Waals surface area (Å²) in [5.74, 6) is -0.358. The molecular formula is C19H22F2N2O4. The molecule has 146 valence electrons. The van der Waals surface area contributed by atoms with Crippen molar-refractivity contribution >= 4 is 5.69 Å². The Hall–Kier alpha value is -2.74. The van der Waals surface area contributed by atoms with Gasteiger partial charge in [-0.3, -0.25) is 10.1 Å². The van der Waals surface area contributed by atoms with Gasteiger partial charge in [-0.15, -0.1) is 0 Å². The van der Waals surface area contributed by atoms with Crippen molar-refractivity contribution in [3.63, 3.8) is 0 Å². The summed E-state index contributed by atoms with van der Waals surface area (Å²) in [6, 6.07) is 10.3. The van der Waals surface area contributed by atoms with E-state index in [4.69, 9.17) is 4.74 Å². The molecule has 0 spiro atoms. The summed E-state index contributed by atoms with van der Waals surface area (Å²) in [7, 11) is 1.29. The zero-order valence-electron chi connectivity index (χ0n) is 15.4. The smallest absolute Gasteiger partial charge is 0.387 e. The molecule has 0 aromatic heterocycles. The molecule has 1 unspecified atom stereocenters. The van der Waals surface area contributed by atoms with Crippen LogP contribution in [0, 0.1) is 10.1 Å². The normalized spacial score (nSPS) is 12.1. The molecule has 0 saturated carbocycles. The minimum absolute atomic E-state index is 0.0117. The number of halogens is 2. The quantitative estimate of drug-likeness (QED) is 0.508. The second-order valence-corrected chi connectivity index (χ2v) is 5.97. The molecule has 0 fully saturated rings. The topological polar surface area (TPSA) is 73.6 Å². The van der Waals surface area contributed by atoms with Gasteiger partial charge < -0.3 is 14.8 Å². The highest BCUT2D eigenvalue weighted by atomic mass is 19.3. The van der Waals surface area contributed by atoms with Crippen molar-refractivity contribution in [2.45, 2.75) is 39.5 Å². The third-order valence-corrected chi connectivity index (χ3v) is 4.26. The van der Waals surface area contributed by atoms with Gasteiger partial charge in [0.25, 0.3) is 5.69 Å². The first-order chi connectivity index (χ1) is 12.8. The molecular weight excluding hydrogens is 358 g/mol. The van der Waals surface area contributed by atoms with Gasteiger partial charge in [-0.25, -0.2) is 0 Å². The molecule has 2 aromatic rings. The molecule has 0 saturated heterocycles. The minimum atomic E-state index is -3.10. The molecule has 0 bridgehead atoms. The number of hydrogen-bond acceptors (Lipinski definition) is 5. The molecule has 6 nitrogen and oxygen atoms in total. The highest BCUT2D eigenvalue weighted by Crippen LogP contribution is 2.35. The van der Waals surface area contributed by atoms with Gasteiger partial charge in [-0.05, 0) is 30.5 Å². The average Bonchev–Trinajstić information content (AvgIpc) is 2.65. The maximum absolute atomic E-state index is 12.5. The monoisotopic (exact) mass is 380 g/mol. The second kappa shape index (κ2) is 9.27. The molecule has 2 aromatic carbocycles. The number of nitrogens with zero attached hydrogens (tertiary/aromatic N) is 1. The Labute approximate surface area is 156 Å². The molecule has 1 atom stereocenters. The van der Waals surface area contributed by atoms with Crippen molar-refractivity contribution < 1.29 is 23.2 Å². The van der Waals surface area contributed by atoms with Crippen LogP contribution in [0.2, 0.25) is 0 Å². The molecule has 0 aliphatic carbocycles. The number of nitrogens with one attached hydrogen (secondary N) is 1. The molecule has 2 rings (SSSR count). The van der Waals surface area contributed by atoms with Crippen LogP contribution >= 0.6 is 0 Å². The zero-order chi connectivity index (χ0) is 20.0. The first-order valence-corrected chi connectivity index (χ1v) is 8.48. The number of nitro groups is 1. The molecule has 27 heavy (non-hydrogen) atoms. The predicted octanol–water partition coefficient (Wildman–Crippen LogP) is 4.62. The van der Waals surface area contributed by atoms with Gasteiger partial charge in [0.1, 0.15) is 0 Å². The van der Waals surface area contributed by atoms with E-state index in [9.17, 15) is 18.9 Å². The van der Waals surface area contributed by atoms with Gasteiger partial charge in [0.2, 0.25) is 0 Å². The molecule has 8 heteroatoms. The van der Waals surface area contributed by atoms with E-state index in [2.05, 4.69) is 17.0 Å². The number of methoxy groups -OCH3 is 1. The van der Waals surface area contributed by atoms with Crippen LogP contribution in [-0.2, 0) is 13.0 Å². The third-order valence-electron chi connectivity index (χ3n) is 4.26.